The van der Waals surface area contributed by atoms with E-state index in [4.69, 9.17) is 9.47 Å². The van der Waals surface area contributed by atoms with Crippen LogP contribution in [-0.2, 0) is 19.6 Å². The second-order valence-corrected chi connectivity index (χ2v) is 6.59. The van der Waals surface area contributed by atoms with E-state index < -0.39 is 0 Å². The number of aryl methyl sites for hydroxylation is 2. The molecule has 0 N–H and O–H groups in total. The Morgan fingerprint density at radius 1 is 1.10 bits per heavy atom. The van der Waals surface area contributed by atoms with E-state index in [2.05, 4.69) is 24.2 Å². The quantitative estimate of drug-likeness (QED) is 0.383. The van der Waals surface area contributed by atoms with Crippen LogP contribution in [0.1, 0.15) is 41.0 Å². The van der Waals surface area contributed by atoms with E-state index in [1.165, 1.54) is 5.56 Å². The minimum atomic E-state index is -0.0750. The molecular formula is C24H26N2O3. The van der Waals surface area contributed by atoms with Gasteiger partial charge < -0.3 is 9.47 Å². The molecule has 5 nitrogen and oxygen atoms in total. The van der Waals surface area contributed by atoms with Crippen LogP contribution in [0.3, 0.4) is 0 Å². The lowest BCUT2D eigenvalue weighted by Gasteiger charge is -2.11. The van der Waals surface area contributed by atoms with E-state index in [0.717, 1.165) is 29.0 Å². The Kier molecular flexibility index (Phi) is 6.85. The van der Waals surface area contributed by atoms with Gasteiger partial charge in [0.2, 0.25) is 5.78 Å². The Bertz CT molecular complexity index is 988. The van der Waals surface area contributed by atoms with Crippen molar-refractivity contribution in [1.29, 1.82) is 0 Å². The van der Waals surface area contributed by atoms with Gasteiger partial charge in [0.15, 0.2) is 0 Å². The molecule has 150 valence electrons. The van der Waals surface area contributed by atoms with Crippen LogP contribution >= 0.6 is 0 Å². The van der Waals surface area contributed by atoms with Crippen LogP contribution in [0.4, 0.5) is 0 Å². The molecule has 0 spiro atoms. The minimum absolute atomic E-state index is 0.0750. The molecule has 0 saturated carbocycles. The Morgan fingerprint density at radius 3 is 2.59 bits per heavy atom. The zero-order valence-electron chi connectivity index (χ0n) is 17.1. The zero-order chi connectivity index (χ0) is 20.6. The van der Waals surface area contributed by atoms with Crippen LogP contribution in [0.2, 0.25) is 0 Å². The predicted molar refractivity (Wildman–Crippen MR) is 114 cm³/mol. The van der Waals surface area contributed by atoms with Crippen LogP contribution in [0, 0.1) is 0 Å². The lowest BCUT2D eigenvalue weighted by atomic mass is 10.1. The molecule has 0 unspecified atom stereocenters. The Hall–Kier alpha value is -3.34. The molecule has 0 aliphatic heterocycles. The average molecular weight is 390 g/mol. The average Bonchev–Trinajstić information content (AvgIpc) is 3.25. The molecule has 0 saturated heterocycles. The maximum Gasteiger partial charge on any atom is 0.203 e. The number of carbonyl (C=O) groups excluding carboxylic acids is 1. The third kappa shape index (κ3) is 5.13. The van der Waals surface area contributed by atoms with Crippen molar-refractivity contribution in [2.75, 3.05) is 7.11 Å². The second-order valence-electron chi connectivity index (χ2n) is 6.59. The Balaban J connectivity index is 1.73. The highest BCUT2D eigenvalue weighted by atomic mass is 16.5. The SMILES string of the molecule is CCc1ccc(OCc2cc(/C=C/C(=O)c3ccnn3CC)ccc2OC)cc1. The van der Waals surface area contributed by atoms with Crippen LogP contribution in [0.5, 0.6) is 11.5 Å². The summed E-state index contributed by atoms with van der Waals surface area (Å²) in [6.45, 7) is 5.12. The summed E-state index contributed by atoms with van der Waals surface area (Å²) in [5.74, 6) is 1.49. The first-order valence-corrected chi connectivity index (χ1v) is 9.77. The summed E-state index contributed by atoms with van der Waals surface area (Å²) in [7, 11) is 1.64. The van der Waals surface area contributed by atoms with Gasteiger partial charge in [-0.05, 0) is 60.9 Å². The minimum Gasteiger partial charge on any atom is -0.496 e. The fourth-order valence-corrected chi connectivity index (χ4v) is 3.05. The zero-order valence-corrected chi connectivity index (χ0v) is 17.1. The van der Waals surface area contributed by atoms with E-state index in [9.17, 15) is 4.79 Å². The lowest BCUT2D eigenvalue weighted by Crippen LogP contribution is -2.07. The summed E-state index contributed by atoms with van der Waals surface area (Å²) in [5.41, 5.74) is 3.68. The van der Waals surface area contributed by atoms with Gasteiger partial charge in [-0.15, -0.1) is 0 Å². The molecule has 0 aliphatic rings. The number of benzene rings is 2. The second kappa shape index (κ2) is 9.73. The maximum atomic E-state index is 12.4. The van der Waals surface area contributed by atoms with Gasteiger partial charge in [0.05, 0.1) is 7.11 Å². The molecular weight excluding hydrogens is 364 g/mol. The number of nitrogens with zero attached hydrogens (tertiary/aromatic N) is 2. The van der Waals surface area contributed by atoms with Crippen LogP contribution in [0.25, 0.3) is 6.08 Å². The van der Waals surface area contributed by atoms with Gasteiger partial charge in [0.1, 0.15) is 23.8 Å². The van der Waals surface area contributed by atoms with Gasteiger partial charge in [0.25, 0.3) is 0 Å². The number of ketones is 1. The molecule has 0 atom stereocenters. The fourth-order valence-electron chi connectivity index (χ4n) is 3.05. The molecule has 3 aromatic rings. The van der Waals surface area contributed by atoms with Gasteiger partial charge >= 0.3 is 0 Å². The van der Waals surface area contributed by atoms with Gasteiger partial charge in [-0.2, -0.15) is 5.10 Å². The lowest BCUT2D eigenvalue weighted by molar-refractivity contribution is 0.103. The number of rotatable bonds is 9. The van der Waals surface area contributed by atoms with Crippen molar-refractivity contribution < 1.29 is 14.3 Å². The van der Waals surface area contributed by atoms with E-state index in [0.29, 0.717) is 18.8 Å². The molecule has 0 aliphatic carbocycles. The van der Waals surface area contributed by atoms with Crippen LogP contribution in [0.15, 0.2) is 60.8 Å². The Labute approximate surface area is 171 Å². The highest BCUT2D eigenvalue weighted by Gasteiger charge is 2.09. The van der Waals surface area contributed by atoms with Crippen molar-refractivity contribution >= 4 is 11.9 Å². The van der Waals surface area contributed by atoms with Gasteiger partial charge in [-0.1, -0.05) is 31.2 Å². The molecule has 1 heterocycles. The van der Waals surface area contributed by atoms with E-state index in [1.54, 1.807) is 36.2 Å². The number of hydrogen-bond acceptors (Lipinski definition) is 4. The third-order valence-corrected chi connectivity index (χ3v) is 4.73. The molecule has 0 radical (unpaired) electrons. The van der Waals surface area contributed by atoms with Gasteiger partial charge in [0, 0.05) is 18.3 Å². The van der Waals surface area contributed by atoms with Crippen molar-refractivity contribution in [3.8, 4) is 11.5 Å². The summed E-state index contributed by atoms with van der Waals surface area (Å²) in [5, 5.41) is 4.14. The molecule has 0 amide bonds. The number of methoxy groups -OCH3 is 1. The van der Waals surface area contributed by atoms with Gasteiger partial charge in [-0.25, -0.2) is 0 Å². The summed E-state index contributed by atoms with van der Waals surface area (Å²) >= 11 is 0. The highest BCUT2D eigenvalue weighted by Crippen LogP contribution is 2.23. The van der Waals surface area contributed by atoms with Crippen LogP contribution < -0.4 is 9.47 Å². The summed E-state index contributed by atoms with van der Waals surface area (Å²) in [6.07, 6.45) is 6.01. The number of hydrogen-bond donors (Lipinski definition) is 0. The Morgan fingerprint density at radius 2 is 1.90 bits per heavy atom. The first kappa shape index (κ1) is 20.4. The number of allylic oxidation sites excluding steroid dienone is 1. The van der Waals surface area contributed by atoms with E-state index >= 15 is 0 Å². The van der Waals surface area contributed by atoms with E-state index in [1.807, 2.05) is 37.3 Å². The van der Waals surface area contributed by atoms with Crippen molar-refractivity contribution in [3.05, 3.63) is 83.2 Å². The molecule has 0 fully saturated rings. The molecule has 1 aromatic heterocycles. The van der Waals surface area contributed by atoms with Gasteiger partial charge in [-0.3, -0.25) is 9.48 Å². The molecule has 5 heteroatoms. The number of ether oxygens (including phenoxy) is 2. The number of carbonyl (C=O) groups is 1. The highest BCUT2D eigenvalue weighted by molar-refractivity contribution is 6.05. The monoisotopic (exact) mass is 390 g/mol. The summed E-state index contributed by atoms with van der Waals surface area (Å²) in [4.78, 5) is 12.4. The fraction of sp³-hybridized carbons (Fsp3) is 0.250. The molecule has 0 bridgehead atoms. The van der Waals surface area contributed by atoms with Crippen LogP contribution in [-0.4, -0.2) is 22.7 Å². The number of aromatic nitrogens is 2. The molecule has 3 rings (SSSR count). The first-order chi connectivity index (χ1) is 14.1. The predicted octanol–water partition coefficient (Wildman–Crippen LogP) is 4.95. The summed E-state index contributed by atoms with van der Waals surface area (Å²) in [6, 6.07) is 15.6. The van der Waals surface area contributed by atoms with Crippen molar-refractivity contribution in [3.63, 3.8) is 0 Å². The normalized spacial score (nSPS) is 11.0. The summed E-state index contributed by atoms with van der Waals surface area (Å²) < 4.78 is 13.1. The van der Waals surface area contributed by atoms with Crippen molar-refractivity contribution in [2.45, 2.75) is 33.4 Å². The third-order valence-electron chi connectivity index (χ3n) is 4.73. The first-order valence-electron chi connectivity index (χ1n) is 9.77. The largest absolute Gasteiger partial charge is 0.496 e. The standard InChI is InChI=1S/C24H26N2O3/c1-4-18-6-10-21(11-7-18)29-17-20-16-19(9-13-24(20)28-3)8-12-23(27)22-14-15-25-26(22)5-2/h6-16H,4-5,17H2,1-3H3/b12-8+. The smallest absolute Gasteiger partial charge is 0.203 e. The van der Waals surface area contributed by atoms with E-state index in [-0.39, 0.29) is 5.78 Å². The van der Waals surface area contributed by atoms with Crippen molar-refractivity contribution in [1.82, 2.24) is 9.78 Å². The molecule has 29 heavy (non-hydrogen) atoms. The topological polar surface area (TPSA) is 53.3 Å². The maximum absolute atomic E-state index is 12.4. The molecule has 2 aromatic carbocycles. The van der Waals surface area contributed by atoms with Crippen molar-refractivity contribution in [2.24, 2.45) is 0 Å².